The van der Waals surface area contributed by atoms with E-state index in [0.29, 0.717) is 5.69 Å². The summed E-state index contributed by atoms with van der Waals surface area (Å²) in [6.07, 6.45) is 1.65. The van der Waals surface area contributed by atoms with E-state index in [0.717, 1.165) is 5.69 Å². The van der Waals surface area contributed by atoms with Crippen LogP contribution in [0.15, 0.2) is 41.1 Å². The van der Waals surface area contributed by atoms with Crippen molar-refractivity contribution < 1.29 is 14.1 Å². The average Bonchev–Trinajstić information content (AvgIpc) is 3.17. The van der Waals surface area contributed by atoms with Crippen molar-refractivity contribution in [3.63, 3.8) is 0 Å². The molecule has 2 aromatic heterocycles. The van der Waals surface area contributed by atoms with Crippen molar-refractivity contribution in [1.82, 2.24) is 25.1 Å². The normalized spacial score (nSPS) is 10.5. The van der Waals surface area contributed by atoms with Crippen LogP contribution in [0.25, 0.3) is 17.2 Å². The lowest BCUT2D eigenvalue weighted by molar-refractivity contribution is 0.0470. The van der Waals surface area contributed by atoms with Gasteiger partial charge in [-0.25, -0.2) is 9.48 Å². The van der Waals surface area contributed by atoms with E-state index in [-0.39, 0.29) is 18.3 Å². The van der Waals surface area contributed by atoms with Gasteiger partial charge in [-0.05, 0) is 19.1 Å². The Morgan fingerprint density at radius 2 is 2.14 bits per heavy atom. The number of carbonyl (C=O) groups is 1. The fourth-order valence-electron chi connectivity index (χ4n) is 1.68. The minimum absolute atomic E-state index is 0.181. The molecule has 2 heterocycles. The summed E-state index contributed by atoms with van der Waals surface area (Å²) in [5.41, 5.74) is 1.25. The van der Waals surface area contributed by atoms with Crippen LogP contribution in [0.4, 0.5) is 0 Å². The summed E-state index contributed by atoms with van der Waals surface area (Å²) >= 11 is 0. The summed E-state index contributed by atoms with van der Waals surface area (Å²) in [5.74, 6) is -0.687. The van der Waals surface area contributed by atoms with Gasteiger partial charge in [-0.3, -0.25) is 0 Å². The largest absolute Gasteiger partial charge is 0.459 e. The van der Waals surface area contributed by atoms with Crippen molar-refractivity contribution in [1.29, 1.82) is 0 Å². The Hall–Kier alpha value is -3.03. The van der Waals surface area contributed by atoms with E-state index in [9.17, 15) is 4.79 Å². The molecule has 0 unspecified atom stereocenters. The number of nitrogens with zero attached hydrogens (tertiary/aromatic N) is 5. The third-order valence-electron chi connectivity index (χ3n) is 2.62. The van der Waals surface area contributed by atoms with E-state index < -0.39 is 5.97 Å². The molecule has 0 aliphatic rings. The summed E-state index contributed by atoms with van der Waals surface area (Å²) in [5, 5.41) is 11.6. The van der Waals surface area contributed by atoms with Crippen molar-refractivity contribution >= 4 is 5.97 Å². The standard InChI is InChI=1S/C13H11N5O3/c1-2-20-13(19)12-14-11(16-21-12)10-8-18(17-15-10)9-6-4-3-5-7-9/h3-8H,2H2,1H3. The van der Waals surface area contributed by atoms with E-state index in [1.807, 2.05) is 30.3 Å². The Labute approximate surface area is 119 Å². The molecule has 0 aliphatic carbocycles. The molecule has 0 aliphatic heterocycles. The van der Waals surface area contributed by atoms with Crippen LogP contribution >= 0.6 is 0 Å². The van der Waals surface area contributed by atoms with Gasteiger partial charge >= 0.3 is 11.9 Å². The molecule has 8 heteroatoms. The van der Waals surface area contributed by atoms with Crippen molar-refractivity contribution in [3.8, 4) is 17.2 Å². The van der Waals surface area contributed by atoms with Crippen LogP contribution in [-0.2, 0) is 4.74 Å². The number of benzene rings is 1. The number of hydrogen-bond acceptors (Lipinski definition) is 7. The molecular weight excluding hydrogens is 274 g/mol. The van der Waals surface area contributed by atoms with Crippen molar-refractivity contribution in [2.75, 3.05) is 6.61 Å². The summed E-state index contributed by atoms with van der Waals surface area (Å²) in [7, 11) is 0. The molecule has 8 nitrogen and oxygen atoms in total. The zero-order valence-corrected chi connectivity index (χ0v) is 11.1. The van der Waals surface area contributed by atoms with Crippen LogP contribution in [0.3, 0.4) is 0 Å². The second-order valence-corrected chi connectivity index (χ2v) is 4.03. The highest BCUT2D eigenvalue weighted by Crippen LogP contribution is 2.14. The van der Waals surface area contributed by atoms with Crippen LogP contribution in [0.2, 0.25) is 0 Å². The molecule has 3 aromatic rings. The highest BCUT2D eigenvalue weighted by Gasteiger charge is 2.18. The summed E-state index contributed by atoms with van der Waals surface area (Å²) in [6, 6.07) is 9.47. The fourth-order valence-corrected chi connectivity index (χ4v) is 1.68. The van der Waals surface area contributed by atoms with E-state index in [2.05, 4.69) is 20.5 Å². The number of esters is 1. The third kappa shape index (κ3) is 2.64. The monoisotopic (exact) mass is 285 g/mol. The molecule has 0 N–H and O–H groups in total. The minimum Gasteiger partial charge on any atom is -0.459 e. The quantitative estimate of drug-likeness (QED) is 0.670. The third-order valence-corrected chi connectivity index (χ3v) is 2.62. The Bertz CT molecular complexity index is 750. The first-order chi connectivity index (χ1) is 10.3. The number of para-hydroxylation sites is 1. The second kappa shape index (κ2) is 5.53. The second-order valence-electron chi connectivity index (χ2n) is 4.03. The van der Waals surface area contributed by atoms with E-state index >= 15 is 0 Å². The molecule has 0 radical (unpaired) electrons. The molecule has 0 saturated heterocycles. The van der Waals surface area contributed by atoms with Gasteiger partial charge in [-0.2, -0.15) is 4.98 Å². The highest BCUT2D eigenvalue weighted by atomic mass is 16.6. The van der Waals surface area contributed by atoms with Gasteiger partial charge in [0.05, 0.1) is 18.5 Å². The molecule has 0 saturated carbocycles. The summed E-state index contributed by atoms with van der Waals surface area (Å²) in [6.45, 7) is 1.93. The van der Waals surface area contributed by atoms with Crippen LogP contribution in [-0.4, -0.2) is 37.7 Å². The van der Waals surface area contributed by atoms with Gasteiger partial charge < -0.3 is 9.26 Å². The number of carbonyl (C=O) groups excluding carboxylic acids is 1. The van der Waals surface area contributed by atoms with Gasteiger partial charge in [0.25, 0.3) is 0 Å². The topological polar surface area (TPSA) is 95.9 Å². The van der Waals surface area contributed by atoms with Gasteiger partial charge in [0.2, 0.25) is 5.82 Å². The molecule has 106 valence electrons. The lowest BCUT2D eigenvalue weighted by Gasteiger charge is -1.96. The SMILES string of the molecule is CCOC(=O)c1nc(-c2cn(-c3ccccc3)nn2)no1. The van der Waals surface area contributed by atoms with E-state index in [1.54, 1.807) is 17.8 Å². The summed E-state index contributed by atoms with van der Waals surface area (Å²) in [4.78, 5) is 15.4. The van der Waals surface area contributed by atoms with Crippen molar-refractivity contribution in [2.45, 2.75) is 6.92 Å². The smallest absolute Gasteiger partial charge is 0.397 e. The Morgan fingerprint density at radius 3 is 2.90 bits per heavy atom. The maximum Gasteiger partial charge on any atom is 0.397 e. The highest BCUT2D eigenvalue weighted by molar-refractivity contribution is 5.84. The summed E-state index contributed by atoms with van der Waals surface area (Å²) < 4.78 is 11.2. The first kappa shape index (κ1) is 13.0. The number of hydrogen-bond donors (Lipinski definition) is 0. The molecule has 3 rings (SSSR count). The molecule has 0 atom stereocenters. The van der Waals surface area contributed by atoms with Crippen LogP contribution < -0.4 is 0 Å². The fraction of sp³-hybridized carbons (Fsp3) is 0.154. The Morgan fingerprint density at radius 1 is 1.33 bits per heavy atom. The molecule has 1 aromatic carbocycles. The lowest BCUT2D eigenvalue weighted by Crippen LogP contribution is -2.04. The predicted octanol–water partition coefficient (Wildman–Crippen LogP) is 1.49. The lowest BCUT2D eigenvalue weighted by atomic mass is 10.3. The van der Waals surface area contributed by atoms with Crippen molar-refractivity contribution in [2.24, 2.45) is 0 Å². The Balaban J connectivity index is 1.85. The van der Waals surface area contributed by atoms with Gasteiger partial charge in [0.1, 0.15) is 0 Å². The zero-order valence-electron chi connectivity index (χ0n) is 11.1. The van der Waals surface area contributed by atoms with E-state index in [4.69, 9.17) is 9.26 Å². The minimum atomic E-state index is -0.660. The van der Waals surface area contributed by atoms with Gasteiger partial charge in [-0.15, -0.1) is 5.10 Å². The van der Waals surface area contributed by atoms with Gasteiger partial charge in [0, 0.05) is 0 Å². The van der Waals surface area contributed by atoms with Gasteiger partial charge in [0.15, 0.2) is 5.69 Å². The maximum absolute atomic E-state index is 11.5. The first-order valence-electron chi connectivity index (χ1n) is 6.27. The molecular formula is C13H11N5O3. The van der Waals surface area contributed by atoms with Gasteiger partial charge in [-0.1, -0.05) is 28.6 Å². The number of aromatic nitrogens is 5. The van der Waals surface area contributed by atoms with Crippen molar-refractivity contribution in [3.05, 3.63) is 42.4 Å². The van der Waals surface area contributed by atoms with E-state index in [1.165, 1.54) is 0 Å². The molecule has 21 heavy (non-hydrogen) atoms. The van der Waals surface area contributed by atoms with Crippen LogP contribution in [0.5, 0.6) is 0 Å². The predicted molar refractivity (Wildman–Crippen MR) is 70.6 cm³/mol. The first-order valence-corrected chi connectivity index (χ1v) is 6.27. The zero-order chi connectivity index (χ0) is 14.7. The maximum atomic E-state index is 11.5. The Kier molecular flexibility index (Phi) is 3.42. The molecule has 0 spiro atoms. The van der Waals surface area contributed by atoms with Crippen LogP contribution in [0, 0.1) is 0 Å². The van der Waals surface area contributed by atoms with Crippen LogP contribution in [0.1, 0.15) is 17.6 Å². The molecule has 0 fully saturated rings. The molecule has 0 bridgehead atoms. The number of rotatable bonds is 4. The number of ether oxygens (including phenoxy) is 1. The average molecular weight is 285 g/mol. The molecule has 0 amide bonds.